The highest BCUT2D eigenvalue weighted by Gasteiger charge is 2.12. The van der Waals surface area contributed by atoms with Gasteiger partial charge in [-0.2, -0.15) is 0 Å². The van der Waals surface area contributed by atoms with Crippen LogP contribution < -0.4 is 0 Å². The number of rotatable bonds is 5. The quantitative estimate of drug-likeness (QED) is 0.617. The third-order valence-electron chi connectivity index (χ3n) is 2.98. The molecule has 0 amide bonds. The van der Waals surface area contributed by atoms with Crippen LogP contribution in [0.4, 0.5) is 0 Å². The van der Waals surface area contributed by atoms with Crippen LogP contribution in [0.1, 0.15) is 35.8 Å². The Labute approximate surface area is 118 Å². The Kier molecular flexibility index (Phi) is 4.82. The molecule has 0 N–H and O–H groups in total. The van der Waals surface area contributed by atoms with Crippen LogP contribution in [0.3, 0.4) is 0 Å². The van der Waals surface area contributed by atoms with Crippen molar-refractivity contribution in [3.63, 3.8) is 0 Å². The molecule has 0 aromatic carbocycles. The van der Waals surface area contributed by atoms with Crippen molar-refractivity contribution in [2.45, 2.75) is 26.7 Å². The Morgan fingerprint density at radius 3 is 2.85 bits per heavy atom. The van der Waals surface area contributed by atoms with Crippen LogP contribution in [0.5, 0.6) is 0 Å². The van der Waals surface area contributed by atoms with Crippen molar-refractivity contribution in [2.24, 2.45) is 0 Å². The summed E-state index contributed by atoms with van der Waals surface area (Å²) in [4.78, 5) is 20.4. The molecule has 0 spiro atoms. The molecule has 0 aliphatic rings. The lowest BCUT2D eigenvalue weighted by Crippen LogP contribution is -2.09. The van der Waals surface area contributed by atoms with Crippen molar-refractivity contribution < 1.29 is 9.53 Å². The Morgan fingerprint density at radius 1 is 1.30 bits per heavy atom. The number of hydrogen-bond donors (Lipinski definition) is 0. The summed E-state index contributed by atoms with van der Waals surface area (Å²) < 4.78 is 5.18. The van der Waals surface area contributed by atoms with E-state index in [0.29, 0.717) is 12.3 Å². The number of ether oxygens (including phenoxy) is 1. The van der Waals surface area contributed by atoms with Crippen molar-refractivity contribution >= 4 is 5.97 Å². The summed E-state index contributed by atoms with van der Waals surface area (Å²) in [6.45, 7) is 4.43. The molecule has 2 heterocycles. The van der Waals surface area contributed by atoms with Crippen LogP contribution in [0.25, 0.3) is 11.3 Å². The van der Waals surface area contributed by atoms with Crippen molar-refractivity contribution in [1.29, 1.82) is 0 Å². The van der Waals surface area contributed by atoms with Crippen LogP contribution in [0.15, 0.2) is 36.7 Å². The maximum absolute atomic E-state index is 11.9. The molecule has 4 nitrogen and oxygen atoms in total. The topological polar surface area (TPSA) is 52.1 Å². The second-order valence-corrected chi connectivity index (χ2v) is 4.59. The Balaban J connectivity index is 2.23. The van der Waals surface area contributed by atoms with Crippen LogP contribution >= 0.6 is 0 Å². The van der Waals surface area contributed by atoms with Gasteiger partial charge in [0.05, 0.1) is 12.3 Å². The van der Waals surface area contributed by atoms with E-state index in [9.17, 15) is 4.79 Å². The second-order valence-electron chi connectivity index (χ2n) is 4.59. The lowest BCUT2D eigenvalue weighted by molar-refractivity contribution is 0.0493. The number of esters is 1. The minimum Gasteiger partial charge on any atom is -0.461 e. The normalized spacial score (nSPS) is 10.3. The molecular formula is C16H18N2O2. The largest absolute Gasteiger partial charge is 0.461 e. The molecule has 0 aliphatic carbocycles. The summed E-state index contributed by atoms with van der Waals surface area (Å²) in [6, 6.07) is 7.43. The zero-order chi connectivity index (χ0) is 14.4. The average Bonchev–Trinajstić information content (AvgIpc) is 2.49. The van der Waals surface area contributed by atoms with E-state index >= 15 is 0 Å². The molecular weight excluding hydrogens is 252 g/mol. The van der Waals surface area contributed by atoms with Gasteiger partial charge in [0.15, 0.2) is 0 Å². The van der Waals surface area contributed by atoms with Gasteiger partial charge in [0, 0.05) is 18.0 Å². The fourth-order valence-electron chi connectivity index (χ4n) is 1.82. The van der Waals surface area contributed by atoms with E-state index in [1.54, 1.807) is 18.5 Å². The average molecular weight is 270 g/mol. The molecule has 2 aromatic rings. The van der Waals surface area contributed by atoms with E-state index in [-0.39, 0.29) is 5.97 Å². The molecule has 20 heavy (non-hydrogen) atoms. The zero-order valence-corrected chi connectivity index (χ0v) is 11.8. The molecule has 2 rings (SSSR count). The SMILES string of the molecule is CCCCOC(=O)c1cc(-c2ccccn2)c(C)cn1. The van der Waals surface area contributed by atoms with Gasteiger partial charge in [0.25, 0.3) is 0 Å². The highest BCUT2D eigenvalue weighted by atomic mass is 16.5. The van der Waals surface area contributed by atoms with Crippen molar-refractivity contribution in [3.8, 4) is 11.3 Å². The molecule has 0 aliphatic heterocycles. The molecule has 0 unspecified atom stereocenters. The number of aryl methyl sites for hydroxylation is 1. The Hall–Kier alpha value is -2.23. The number of aromatic nitrogens is 2. The van der Waals surface area contributed by atoms with Gasteiger partial charge in [-0.05, 0) is 37.1 Å². The molecule has 4 heteroatoms. The van der Waals surface area contributed by atoms with E-state index in [2.05, 4.69) is 16.9 Å². The molecule has 0 atom stereocenters. The van der Waals surface area contributed by atoms with Crippen LogP contribution in [-0.2, 0) is 4.74 Å². The number of nitrogens with zero attached hydrogens (tertiary/aromatic N) is 2. The molecule has 104 valence electrons. The van der Waals surface area contributed by atoms with Crippen LogP contribution in [0, 0.1) is 6.92 Å². The van der Waals surface area contributed by atoms with Gasteiger partial charge in [0.1, 0.15) is 5.69 Å². The van der Waals surface area contributed by atoms with Crippen molar-refractivity contribution in [1.82, 2.24) is 9.97 Å². The predicted molar refractivity (Wildman–Crippen MR) is 77.4 cm³/mol. The van der Waals surface area contributed by atoms with E-state index in [0.717, 1.165) is 29.7 Å². The first-order valence-electron chi connectivity index (χ1n) is 6.77. The molecule has 0 saturated heterocycles. The second kappa shape index (κ2) is 6.80. The first-order valence-corrected chi connectivity index (χ1v) is 6.77. The van der Waals surface area contributed by atoms with Crippen molar-refractivity contribution in [3.05, 3.63) is 47.9 Å². The van der Waals surface area contributed by atoms with E-state index in [4.69, 9.17) is 4.74 Å². The number of hydrogen-bond acceptors (Lipinski definition) is 4. The van der Waals surface area contributed by atoms with Gasteiger partial charge in [0.2, 0.25) is 0 Å². The lowest BCUT2D eigenvalue weighted by Gasteiger charge is -2.08. The first-order chi connectivity index (χ1) is 9.72. The van der Waals surface area contributed by atoms with Gasteiger partial charge < -0.3 is 4.74 Å². The van der Waals surface area contributed by atoms with Gasteiger partial charge >= 0.3 is 5.97 Å². The summed E-state index contributed by atoms with van der Waals surface area (Å²) in [7, 11) is 0. The Morgan fingerprint density at radius 2 is 2.15 bits per heavy atom. The number of unbranched alkanes of at least 4 members (excludes halogenated alkanes) is 1. The zero-order valence-electron chi connectivity index (χ0n) is 11.8. The number of pyridine rings is 2. The van der Waals surface area contributed by atoms with Gasteiger partial charge in [-0.25, -0.2) is 9.78 Å². The molecule has 0 fully saturated rings. The molecule has 2 aromatic heterocycles. The molecule has 0 saturated carbocycles. The molecule has 0 radical (unpaired) electrons. The van der Waals surface area contributed by atoms with Crippen LogP contribution in [0.2, 0.25) is 0 Å². The van der Waals surface area contributed by atoms with Gasteiger partial charge in [-0.15, -0.1) is 0 Å². The number of carbonyl (C=O) groups is 1. The maximum Gasteiger partial charge on any atom is 0.356 e. The first kappa shape index (κ1) is 14.2. The van der Waals surface area contributed by atoms with Gasteiger partial charge in [-0.3, -0.25) is 4.98 Å². The third-order valence-corrected chi connectivity index (χ3v) is 2.98. The smallest absolute Gasteiger partial charge is 0.356 e. The van der Waals surface area contributed by atoms with Crippen molar-refractivity contribution in [2.75, 3.05) is 6.61 Å². The summed E-state index contributed by atoms with van der Waals surface area (Å²) in [5.41, 5.74) is 3.04. The third kappa shape index (κ3) is 3.41. The summed E-state index contributed by atoms with van der Waals surface area (Å²) >= 11 is 0. The Bertz CT molecular complexity index is 582. The van der Waals surface area contributed by atoms with E-state index < -0.39 is 0 Å². The summed E-state index contributed by atoms with van der Waals surface area (Å²) in [6.07, 6.45) is 5.27. The number of carbonyl (C=O) groups excluding carboxylic acids is 1. The maximum atomic E-state index is 11.9. The van der Waals surface area contributed by atoms with E-state index in [1.165, 1.54) is 0 Å². The standard InChI is InChI=1S/C16H18N2O2/c1-3-4-9-20-16(19)15-10-13(12(2)11-18-15)14-7-5-6-8-17-14/h5-8,10-11H,3-4,9H2,1-2H3. The minimum atomic E-state index is -0.379. The monoisotopic (exact) mass is 270 g/mol. The van der Waals surface area contributed by atoms with Gasteiger partial charge in [-0.1, -0.05) is 19.4 Å². The fourth-order valence-corrected chi connectivity index (χ4v) is 1.82. The van der Waals surface area contributed by atoms with Crippen LogP contribution in [-0.4, -0.2) is 22.5 Å². The molecule has 0 bridgehead atoms. The van der Waals surface area contributed by atoms with E-state index in [1.807, 2.05) is 25.1 Å². The highest BCUT2D eigenvalue weighted by molar-refractivity contribution is 5.89. The minimum absolute atomic E-state index is 0.326. The summed E-state index contributed by atoms with van der Waals surface area (Å²) in [5.74, 6) is -0.379. The fraction of sp³-hybridized carbons (Fsp3) is 0.312. The summed E-state index contributed by atoms with van der Waals surface area (Å²) in [5, 5.41) is 0. The predicted octanol–water partition coefficient (Wildman–Crippen LogP) is 3.41. The lowest BCUT2D eigenvalue weighted by atomic mass is 10.1. The highest BCUT2D eigenvalue weighted by Crippen LogP contribution is 2.21.